The molecule has 0 aliphatic heterocycles. The Labute approximate surface area is 119 Å². The van der Waals surface area contributed by atoms with E-state index in [9.17, 15) is 9.59 Å². The third-order valence-corrected chi connectivity index (χ3v) is 3.44. The highest BCUT2D eigenvalue weighted by atomic mass is 16.5. The Morgan fingerprint density at radius 2 is 1.75 bits per heavy atom. The predicted molar refractivity (Wildman–Crippen MR) is 74.7 cm³/mol. The van der Waals surface area contributed by atoms with Gasteiger partial charge in [-0.15, -0.1) is 0 Å². The van der Waals surface area contributed by atoms with Gasteiger partial charge in [0.2, 0.25) is 0 Å². The van der Waals surface area contributed by atoms with Gasteiger partial charge in [-0.1, -0.05) is 12.5 Å². The Morgan fingerprint density at radius 1 is 1.10 bits per heavy atom. The molecule has 0 bridgehead atoms. The molecule has 1 aromatic carbocycles. The second-order valence-electron chi connectivity index (χ2n) is 4.97. The summed E-state index contributed by atoms with van der Waals surface area (Å²) in [5, 5.41) is 0. The topological polar surface area (TPSA) is 52.6 Å². The first-order chi connectivity index (χ1) is 9.70. The molecule has 4 nitrogen and oxygen atoms in total. The zero-order valence-corrected chi connectivity index (χ0v) is 11.8. The molecule has 0 N–H and O–H groups in total. The van der Waals surface area contributed by atoms with Gasteiger partial charge >= 0.3 is 11.9 Å². The van der Waals surface area contributed by atoms with Crippen LogP contribution in [0.3, 0.4) is 0 Å². The number of esters is 2. The van der Waals surface area contributed by atoms with Gasteiger partial charge in [0.25, 0.3) is 0 Å². The van der Waals surface area contributed by atoms with Gasteiger partial charge < -0.3 is 9.47 Å². The van der Waals surface area contributed by atoms with Crippen LogP contribution < -0.4 is 0 Å². The number of rotatable bonds is 4. The zero-order valence-electron chi connectivity index (χ0n) is 11.8. The summed E-state index contributed by atoms with van der Waals surface area (Å²) in [6.07, 6.45) is 5.32. The molecule has 0 atom stereocenters. The molecule has 108 valence electrons. The van der Waals surface area contributed by atoms with Crippen LogP contribution in [-0.2, 0) is 9.47 Å². The average molecular weight is 276 g/mol. The first-order valence-electron chi connectivity index (χ1n) is 7.19. The van der Waals surface area contributed by atoms with Gasteiger partial charge in [0.15, 0.2) is 0 Å². The van der Waals surface area contributed by atoms with Crippen molar-refractivity contribution < 1.29 is 19.1 Å². The molecule has 20 heavy (non-hydrogen) atoms. The van der Waals surface area contributed by atoms with Crippen LogP contribution >= 0.6 is 0 Å². The maximum atomic E-state index is 12.1. The zero-order chi connectivity index (χ0) is 14.4. The number of benzene rings is 1. The molecule has 0 heterocycles. The first-order valence-corrected chi connectivity index (χ1v) is 7.19. The largest absolute Gasteiger partial charge is 0.462 e. The molecule has 0 unspecified atom stereocenters. The normalized spacial score (nSPS) is 15.7. The number of carbonyl (C=O) groups excluding carboxylic acids is 2. The molecular formula is C16H20O4. The predicted octanol–water partition coefficient (Wildman–Crippen LogP) is 3.35. The molecule has 1 saturated carbocycles. The Morgan fingerprint density at radius 3 is 2.40 bits per heavy atom. The lowest BCUT2D eigenvalue weighted by molar-refractivity contribution is 0.0211. The molecule has 0 amide bonds. The smallest absolute Gasteiger partial charge is 0.338 e. The van der Waals surface area contributed by atoms with E-state index in [-0.39, 0.29) is 12.1 Å². The van der Waals surface area contributed by atoms with Crippen molar-refractivity contribution >= 4 is 11.9 Å². The maximum Gasteiger partial charge on any atom is 0.338 e. The van der Waals surface area contributed by atoms with E-state index >= 15 is 0 Å². The summed E-state index contributed by atoms with van der Waals surface area (Å²) in [7, 11) is 0. The van der Waals surface area contributed by atoms with Gasteiger partial charge in [0.1, 0.15) is 6.10 Å². The number of hydrogen-bond donors (Lipinski definition) is 0. The summed E-state index contributed by atoms with van der Waals surface area (Å²) < 4.78 is 10.4. The fourth-order valence-corrected chi connectivity index (χ4v) is 2.39. The molecule has 1 fully saturated rings. The number of carbonyl (C=O) groups is 2. The van der Waals surface area contributed by atoms with Gasteiger partial charge in [0, 0.05) is 0 Å². The summed E-state index contributed by atoms with van der Waals surface area (Å²) in [5.74, 6) is -0.775. The van der Waals surface area contributed by atoms with Crippen LogP contribution in [0.4, 0.5) is 0 Å². The summed E-state index contributed by atoms with van der Waals surface area (Å²) in [6.45, 7) is 2.06. The van der Waals surface area contributed by atoms with E-state index in [2.05, 4.69) is 0 Å². The van der Waals surface area contributed by atoms with Crippen molar-refractivity contribution in [3.05, 3.63) is 35.4 Å². The molecule has 0 radical (unpaired) electrons. The van der Waals surface area contributed by atoms with E-state index in [1.807, 2.05) is 0 Å². The molecule has 0 aromatic heterocycles. The standard InChI is InChI=1S/C16H20O4/c1-2-19-15(17)12-7-6-8-13(11-12)16(18)20-14-9-4-3-5-10-14/h6-8,11,14H,2-5,9-10H2,1H3. The van der Waals surface area contributed by atoms with E-state index in [1.54, 1.807) is 25.1 Å². The van der Waals surface area contributed by atoms with Crippen LogP contribution in [0.1, 0.15) is 59.7 Å². The van der Waals surface area contributed by atoms with Crippen molar-refractivity contribution in [2.75, 3.05) is 6.61 Å². The highest BCUT2D eigenvalue weighted by Crippen LogP contribution is 2.21. The molecule has 2 rings (SSSR count). The van der Waals surface area contributed by atoms with Gasteiger partial charge in [-0.25, -0.2) is 9.59 Å². The number of ether oxygens (including phenoxy) is 2. The minimum absolute atomic E-state index is 0.0162. The third-order valence-electron chi connectivity index (χ3n) is 3.44. The fraction of sp³-hybridized carbons (Fsp3) is 0.500. The molecule has 0 spiro atoms. The highest BCUT2D eigenvalue weighted by Gasteiger charge is 2.19. The van der Waals surface area contributed by atoms with E-state index in [4.69, 9.17) is 9.47 Å². The van der Waals surface area contributed by atoms with Crippen molar-refractivity contribution in [1.82, 2.24) is 0 Å². The van der Waals surface area contributed by atoms with Gasteiger partial charge in [-0.05, 0) is 50.8 Å². The van der Waals surface area contributed by atoms with Crippen LogP contribution in [0.2, 0.25) is 0 Å². The monoisotopic (exact) mass is 276 g/mol. The third kappa shape index (κ3) is 3.83. The quantitative estimate of drug-likeness (QED) is 0.791. The second kappa shape index (κ2) is 7.08. The van der Waals surface area contributed by atoms with E-state index in [0.717, 1.165) is 25.7 Å². The molecule has 4 heteroatoms. The summed E-state index contributed by atoms with van der Waals surface area (Å²) in [4.78, 5) is 23.7. The Bertz CT molecular complexity index is 475. The van der Waals surface area contributed by atoms with Crippen LogP contribution in [-0.4, -0.2) is 24.6 Å². The van der Waals surface area contributed by atoms with Gasteiger partial charge in [-0.3, -0.25) is 0 Å². The van der Waals surface area contributed by atoms with Crippen molar-refractivity contribution in [2.45, 2.75) is 45.1 Å². The van der Waals surface area contributed by atoms with Crippen LogP contribution in [0.15, 0.2) is 24.3 Å². The first kappa shape index (κ1) is 14.6. The summed E-state index contributed by atoms with van der Waals surface area (Å²) >= 11 is 0. The lowest BCUT2D eigenvalue weighted by atomic mass is 9.98. The van der Waals surface area contributed by atoms with Gasteiger partial charge in [-0.2, -0.15) is 0 Å². The minimum Gasteiger partial charge on any atom is -0.462 e. The SMILES string of the molecule is CCOC(=O)c1cccc(C(=O)OC2CCCCC2)c1. The minimum atomic E-state index is -0.417. The highest BCUT2D eigenvalue weighted by molar-refractivity contribution is 5.95. The lowest BCUT2D eigenvalue weighted by Gasteiger charge is -2.21. The van der Waals surface area contributed by atoms with E-state index < -0.39 is 5.97 Å². The Kier molecular flexibility index (Phi) is 5.16. The summed E-state index contributed by atoms with van der Waals surface area (Å²) in [6, 6.07) is 6.50. The average Bonchev–Trinajstić information content (AvgIpc) is 2.48. The molecule has 1 aromatic rings. The maximum absolute atomic E-state index is 12.1. The molecular weight excluding hydrogens is 256 g/mol. The lowest BCUT2D eigenvalue weighted by Crippen LogP contribution is -2.21. The second-order valence-corrected chi connectivity index (χ2v) is 4.97. The van der Waals surface area contributed by atoms with Crippen molar-refractivity contribution in [3.8, 4) is 0 Å². The van der Waals surface area contributed by atoms with Crippen molar-refractivity contribution in [2.24, 2.45) is 0 Å². The Balaban J connectivity index is 2.02. The number of hydrogen-bond acceptors (Lipinski definition) is 4. The van der Waals surface area contributed by atoms with Crippen LogP contribution in [0.25, 0.3) is 0 Å². The Hall–Kier alpha value is -1.84. The fourth-order valence-electron chi connectivity index (χ4n) is 2.39. The molecule has 1 aliphatic rings. The van der Waals surface area contributed by atoms with Crippen LogP contribution in [0, 0.1) is 0 Å². The molecule has 0 saturated heterocycles. The van der Waals surface area contributed by atoms with E-state index in [0.29, 0.717) is 17.7 Å². The summed E-state index contributed by atoms with van der Waals surface area (Å²) in [5.41, 5.74) is 0.783. The molecule has 1 aliphatic carbocycles. The van der Waals surface area contributed by atoms with Crippen molar-refractivity contribution in [3.63, 3.8) is 0 Å². The van der Waals surface area contributed by atoms with Crippen molar-refractivity contribution in [1.29, 1.82) is 0 Å². The van der Waals surface area contributed by atoms with E-state index in [1.165, 1.54) is 12.5 Å². The van der Waals surface area contributed by atoms with Gasteiger partial charge in [0.05, 0.1) is 17.7 Å². The van der Waals surface area contributed by atoms with Crippen LogP contribution in [0.5, 0.6) is 0 Å².